The molecule has 110 valence electrons. The lowest BCUT2D eigenvalue weighted by atomic mass is 9.79. The number of aliphatic hydroxyl groups is 1. The molecule has 20 heavy (non-hydrogen) atoms. The van der Waals surface area contributed by atoms with Crippen LogP contribution in [0.25, 0.3) is 0 Å². The molecule has 2 N–H and O–H groups in total. The van der Waals surface area contributed by atoms with Gasteiger partial charge in [-0.2, -0.15) is 0 Å². The summed E-state index contributed by atoms with van der Waals surface area (Å²) in [6.07, 6.45) is 4.25. The van der Waals surface area contributed by atoms with Gasteiger partial charge in [0.25, 0.3) is 5.91 Å². The van der Waals surface area contributed by atoms with Gasteiger partial charge >= 0.3 is 0 Å². The summed E-state index contributed by atoms with van der Waals surface area (Å²) in [6.45, 7) is 0.651. The van der Waals surface area contributed by atoms with Gasteiger partial charge in [0.05, 0.1) is 10.6 Å². The Kier molecular flexibility index (Phi) is 5.38. The van der Waals surface area contributed by atoms with Gasteiger partial charge in [-0.1, -0.05) is 30.5 Å². The molecule has 0 saturated heterocycles. The third-order valence-electron chi connectivity index (χ3n) is 4.02. The smallest absolute Gasteiger partial charge is 0.252 e. The lowest BCUT2D eigenvalue weighted by Gasteiger charge is -2.30. The average Bonchev–Trinajstić information content (AvgIpc) is 2.48. The molecule has 3 nitrogen and oxygen atoms in total. The van der Waals surface area contributed by atoms with E-state index in [0.29, 0.717) is 6.54 Å². The molecule has 2 atom stereocenters. The van der Waals surface area contributed by atoms with Gasteiger partial charge in [-0.25, -0.2) is 4.39 Å². The van der Waals surface area contributed by atoms with Crippen LogP contribution in [0.2, 0.25) is 5.02 Å². The summed E-state index contributed by atoms with van der Waals surface area (Å²) in [5.74, 6) is -0.431. The number of benzene rings is 1. The predicted molar refractivity (Wildman–Crippen MR) is 76.3 cm³/mol. The van der Waals surface area contributed by atoms with Gasteiger partial charge in [0.2, 0.25) is 0 Å². The van der Waals surface area contributed by atoms with E-state index >= 15 is 0 Å². The van der Waals surface area contributed by atoms with E-state index in [-0.39, 0.29) is 34.9 Å². The molecule has 5 heteroatoms. The lowest BCUT2D eigenvalue weighted by molar-refractivity contribution is 0.0909. The minimum absolute atomic E-state index is 0.146. The monoisotopic (exact) mass is 299 g/mol. The van der Waals surface area contributed by atoms with Crippen LogP contribution in [-0.2, 0) is 0 Å². The topological polar surface area (TPSA) is 49.3 Å². The Morgan fingerprint density at radius 1 is 1.35 bits per heavy atom. The van der Waals surface area contributed by atoms with Crippen LogP contribution in [0.15, 0.2) is 18.2 Å². The van der Waals surface area contributed by atoms with E-state index in [9.17, 15) is 14.3 Å². The molecule has 2 unspecified atom stereocenters. The molecule has 1 aromatic carbocycles. The fourth-order valence-electron chi connectivity index (χ4n) is 2.79. The molecule has 1 amide bonds. The Morgan fingerprint density at radius 2 is 2.05 bits per heavy atom. The number of amides is 1. The van der Waals surface area contributed by atoms with Crippen LogP contribution in [0.3, 0.4) is 0 Å². The van der Waals surface area contributed by atoms with Crippen molar-refractivity contribution in [2.24, 2.45) is 11.8 Å². The first-order chi connectivity index (χ1) is 9.63. The van der Waals surface area contributed by atoms with Crippen molar-refractivity contribution in [1.29, 1.82) is 0 Å². The first-order valence-corrected chi connectivity index (χ1v) is 7.34. The van der Waals surface area contributed by atoms with Gasteiger partial charge in [-0.3, -0.25) is 4.79 Å². The van der Waals surface area contributed by atoms with Crippen LogP contribution in [0.4, 0.5) is 4.39 Å². The Bertz CT molecular complexity index is 481. The Morgan fingerprint density at radius 3 is 2.75 bits per heavy atom. The van der Waals surface area contributed by atoms with Crippen molar-refractivity contribution in [3.05, 3.63) is 34.6 Å². The number of hydrogen-bond donors (Lipinski definition) is 2. The first kappa shape index (κ1) is 15.3. The standard InChI is InChI=1S/C15H19ClFNO2/c16-14-12(6-3-7-13(14)17)15(20)18-8-10-4-1-2-5-11(10)9-19/h3,6-7,10-11,19H,1-2,4-5,8-9H2,(H,18,20). The number of nitrogens with one attached hydrogen (secondary N) is 1. The number of rotatable bonds is 4. The molecule has 1 aromatic rings. The second kappa shape index (κ2) is 7.04. The molecular formula is C15H19ClFNO2. The van der Waals surface area contributed by atoms with E-state index in [1.54, 1.807) is 0 Å². The number of hydrogen-bond acceptors (Lipinski definition) is 2. The van der Waals surface area contributed by atoms with Gasteiger partial charge in [0.1, 0.15) is 5.82 Å². The van der Waals surface area contributed by atoms with Crippen molar-refractivity contribution < 1.29 is 14.3 Å². The maximum absolute atomic E-state index is 13.3. The highest BCUT2D eigenvalue weighted by Crippen LogP contribution is 2.29. The molecule has 0 aromatic heterocycles. The summed E-state index contributed by atoms with van der Waals surface area (Å²) < 4.78 is 13.3. The predicted octanol–water partition coefficient (Wildman–Crippen LogP) is 3.01. The molecule has 0 radical (unpaired) electrons. The zero-order valence-corrected chi connectivity index (χ0v) is 12.0. The van der Waals surface area contributed by atoms with Crippen molar-refractivity contribution >= 4 is 17.5 Å². The van der Waals surface area contributed by atoms with Crippen molar-refractivity contribution in [2.75, 3.05) is 13.2 Å². The van der Waals surface area contributed by atoms with Crippen molar-refractivity contribution in [1.82, 2.24) is 5.32 Å². The molecule has 0 heterocycles. The number of carbonyl (C=O) groups excluding carboxylic acids is 1. The molecule has 1 saturated carbocycles. The van der Waals surface area contributed by atoms with Gasteiger partial charge < -0.3 is 10.4 Å². The summed E-state index contributed by atoms with van der Waals surface area (Å²) in [5.41, 5.74) is 0.156. The summed E-state index contributed by atoms with van der Waals surface area (Å²) in [4.78, 5) is 12.0. The Hall–Kier alpha value is -1.13. The second-order valence-corrected chi connectivity index (χ2v) is 5.68. The average molecular weight is 300 g/mol. The zero-order chi connectivity index (χ0) is 14.5. The van der Waals surface area contributed by atoms with Gasteiger partial charge in [-0.05, 0) is 36.8 Å². The quantitative estimate of drug-likeness (QED) is 0.898. The fourth-order valence-corrected chi connectivity index (χ4v) is 3.00. The number of carbonyl (C=O) groups is 1. The number of aliphatic hydroxyl groups excluding tert-OH is 1. The molecule has 1 aliphatic carbocycles. The zero-order valence-electron chi connectivity index (χ0n) is 11.2. The van der Waals surface area contributed by atoms with Crippen LogP contribution in [0.1, 0.15) is 36.0 Å². The molecule has 1 fully saturated rings. The minimum atomic E-state index is -0.592. The molecule has 0 spiro atoms. The summed E-state index contributed by atoms with van der Waals surface area (Å²) in [7, 11) is 0. The van der Waals surface area contributed by atoms with Gasteiger partial charge in [-0.15, -0.1) is 0 Å². The first-order valence-electron chi connectivity index (χ1n) is 6.96. The molecule has 0 aliphatic heterocycles. The highest BCUT2D eigenvalue weighted by atomic mass is 35.5. The lowest BCUT2D eigenvalue weighted by Crippen LogP contribution is -2.35. The highest BCUT2D eigenvalue weighted by molar-refractivity contribution is 6.34. The van der Waals surface area contributed by atoms with Gasteiger partial charge in [0, 0.05) is 13.2 Å². The van der Waals surface area contributed by atoms with Crippen LogP contribution in [0, 0.1) is 17.7 Å². The van der Waals surface area contributed by atoms with E-state index in [1.165, 1.54) is 18.2 Å². The third kappa shape index (κ3) is 3.49. The van der Waals surface area contributed by atoms with Crippen LogP contribution in [0.5, 0.6) is 0 Å². The second-order valence-electron chi connectivity index (χ2n) is 5.30. The summed E-state index contributed by atoms with van der Waals surface area (Å²) in [6, 6.07) is 4.19. The molecule has 2 rings (SSSR count). The molecule has 1 aliphatic rings. The number of halogens is 2. The maximum atomic E-state index is 13.3. The van der Waals surface area contributed by atoms with Crippen molar-refractivity contribution in [3.8, 4) is 0 Å². The third-order valence-corrected chi connectivity index (χ3v) is 4.41. The Labute approximate surface area is 123 Å². The summed E-state index contributed by atoms with van der Waals surface area (Å²) in [5, 5.41) is 12.0. The SMILES string of the molecule is O=C(NCC1CCCCC1CO)c1cccc(F)c1Cl. The Balaban J connectivity index is 1.96. The van der Waals surface area contributed by atoms with Gasteiger partial charge in [0.15, 0.2) is 0 Å². The van der Waals surface area contributed by atoms with E-state index in [1.807, 2.05) is 0 Å². The normalized spacial score (nSPS) is 22.6. The summed E-state index contributed by atoms with van der Waals surface area (Å²) >= 11 is 5.79. The highest BCUT2D eigenvalue weighted by Gasteiger charge is 2.25. The van der Waals surface area contributed by atoms with Crippen molar-refractivity contribution in [2.45, 2.75) is 25.7 Å². The van der Waals surface area contributed by atoms with E-state index in [0.717, 1.165) is 25.7 Å². The van der Waals surface area contributed by atoms with Crippen LogP contribution >= 0.6 is 11.6 Å². The fraction of sp³-hybridized carbons (Fsp3) is 0.533. The largest absolute Gasteiger partial charge is 0.396 e. The van der Waals surface area contributed by atoms with E-state index in [2.05, 4.69) is 5.32 Å². The van der Waals surface area contributed by atoms with E-state index < -0.39 is 5.82 Å². The minimum Gasteiger partial charge on any atom is -0.396 e. The molecule has 0 bridgehead atoms. The van der Waals surface area contributed by atoms with Crippen LogP contribution in [-0.4, -0.2) is 24.2 Å². The molecular weight excluding hydrogens is 281 g/mol. The van der Waals surface area contributed by atoms with E-state index in [4.69, 9.17) is 11.6 Å². The van der Waals surface area contributed by atoms with Crippen molar-refractivity contribution in [3.63, 3.8) is 0 Å². The van der Waals surface area contributed by atoms with Crippen LogP contribution < -0.4 is 5.32 Å². The maximum Gasteiger partial charge on any atom is 0.252 e.